The van der Waals surface area contributed by atoms with Crippen LogP contribution in [0.5, 0.6) is 5.75 Å². The van der Waals surface area contributed by atoms with E-state index in [-0.39, 0.29) is 11.7 Å². The second-order valence-corrected chi connectivity index (χ2v) is 10.9. The van der Waals surface area contributed by atoms with Crippen LogP contribution in [-0.2, 0) is 9.53 Å². The molecule has 0 spiro atoms. The molecule has 0 saturated carbocycles. The van der Waals surface area contributed by atoms with E-state index in [9.17, 15) is 9.59 Å². The first kappa shape index (κ1) is 26.4. The molecule has 1 aliphatic heterocycles. The Bertz CT molecular complexity index is 1520. The summed E-state index contributed by atoms with van der Waals surface area (Å²) in [5.41, 5.74) is 1.92. The van der Waals surface area contributed by atoms with E-state index >= 15 is 0 Å². The van der Waals surface area contributed by atoms with Crippen molar-refractivity contribution < 1.29 is 14.3 Å². The molecule has 188 valence electrons. The molecule has 2 heterocycles. The van der Waals surface area contributed by atoms with E-state index in [1.54, 1.807) is 32.9 Å². The predicted octanol–water partition coefficient (Wildman–Crippen LogP) is 5.39. The number of thiazole rings is 1. The van der Waals surface area contributed by atoms with Crippen LogP contribution in [0.4, 0.5) is 0 Å². The number of benzene rings is 2. The van der Waals surface area contributed by atoms with Gasteiger partial charge in [-0.2, -0.15) is 0 Å². The molecule has 0 fully saturated rings. The highest BCUT2D eigenvalue weighted by Gasteiger charge is 2.34. The molecule has 0 bridgehead atoms. The van der Waals surface area contributed by atoms with Gasteiger partial charge in [0.1, 0.15) is 11.8 Å². The van der Waals surface area contributed by atoms with E-state index in [0.717, 1.165) is 16.5 Å². The molecule has 0 radical (unpaired) electrons. The largest absolute Gasteiger partial charge is 0.493 e. The quantitative estimate of drug-likeness (QED) is 0.347. The topological polar surface area (TPSA) is 69.9 Å². The number of esters is 1. The number of halogens is 2. The van der Waals surface area contributed by atoms with Gasteiger partial charge in [-0.3, -0.25) is 9.36 Å². The van der Waals surface area contributed by atoms with Gasteiger partial charge < -0.3 is 9.47 Å². The molecule has 1 unspecified atom stereocenters. The molecule has 4 rings (SSSR count). The maximum absolute atomic E-state index is 13.8. The van der Waals surface area contributed by atoms with Crippen LogP contribution in [0.1, 0.15) is 51.3 Å². The first-order valence-electron chi connectivity index (χ1n) is 11.6. The first-order chi connectivity index (χ1) is 17.2. The van der Waals surface area contributed by atoms with Crippen molar-refractivity contribution in [3.8, 4) is 5.75 Å². The fraction of sp³-hybridized carbons (Fsp3) is 0.296. The third-order valence-electron chi connectivity index (χ3n) is 5.50. The molecule has 0 aliphatic carbocycles. The normalized spacial score (nSPS) is 15.6. The van der Waals surface area contributed by atoms with Crippen molar-refractivity contribution in [1.82, 2.24) is 4.57 Å². The van der Waals surface area contributed by atoms with Gasteiger partial charge in [0, 0.05) is 15.1 Å². The number of hydrogen-bond acceptors (Lipinski definition) is 6. The Hall–Kier alpha value is -2.68. The number of allylic oxidation sites excluding steroid dienone is 1. The van der Waals surface area contributed by atoms with Crippen LogP contribution in [0, 0.1) is 0 Å². The molecule has 6 nitrogen and oxygen atoms in total. The zero-order valence-corrected chi connectivity index (χ0v) is 23.5. The molecule has 0 N–H and O–H groups in total. The number of rotatable bonds is 7. The van der Waals surface area contributed by atoms with E-state index in [4.69, 9.17) is 21.1 Å². The van der Waals surface area contributed by atoms with Gasteiger partial charge in [-0.05, 0) is 63.1 Å². The number of carbonyl (C=O) groups excluding carboxylic acids is 1. The van der Waals surface area contributed by atoms with Gasteiger partial charge in [-0.15, -0.1) is 0 Å². The number of hydrogen-bond donors (Lipinski definition) is 0. The zero-order chi connectivity index (χ0) is 26.0. The summed E-state index contributed by atoms with van der Waals surface area (Å²) in [6.45, 7) is 7.92. The van der Waals surface area contributed by atoms with Gasteiger partial charge in [0.2, 0.25) is 0 Å². The van der Waals surface area contributed by atoms with E-state index in [1.807, 2.05) is 43.3 Å². The summed E-state index contributed by atoms with van der Waals surface area (Å²) < 4.78 is 14.3. The SMILES string of the molecule is CCCOc1ccc(Br)cc1C=c1sc2n(c1=O)C(c1ccccc1Cl)C(C(=O)OC(C)C)=C(C)N=2. The van der Waals surface area contributed by atoms with Gasteiger partial charge in [0.05, 0.1) is 28.5 Å². The molecule has 1 aliphatic rings. The van der Waals surface area contributed by atoms with Crippen LogP contribution in [-0.4, -0.2) is 23.2 Å². The number of aromatic nitrogens is 1. The van der Waals surface area contributed by atoms with Crippen molar-refractivity contribution in [2.24, 2.45) is 4.99 Å². The summed E-state index contributed by atoms with van der Waals surface area (Å²) >= 11 is 11.3. The molecule has 1 aromatic heterocycles. The van der Waals surface area contributed by atoms with Crippen molar-refractivity contribution in [3.05, 3.63) is 94.0 Å². The maximum atomic E-state index is 13.8. The highest BCUT2D eigenvalue weighted by molar-refractivity contribution is 9.10. The summed E-state index contributed by atoms with van der Waals surface area (Å²) in [6.07, 6.45) is 2.34. The monoisotopic (exact) mass is 588 g/mol. The number of carbonyl (C=O) groups is 1. The molecule has 9 heteroatoms. The lowest BCUT2D eigenvalue weighted by molar-refractivity contribution is -0.143. The summed E-state index contributed by atoms with van der Waals surface area (Å²) in [5, 5.41) is 0.448. The number of nitrogens with zero attached hydrogens (tertiary/aromatic N) is 2. The molecule has 0 amide bonds. The lowest BCUT2D eigenvalue weighted by Gasteiger charge is -2.26. The Labute approximate surface area is 226 Å². The van der Waals surface area contributed by atoms with Crippen LogP contribution in [0.2, 0.25) is 5.02 Å². The summed E-state index contributed by atoms with van der Waals surface area (Å²) in [4.78, 5) is 32.1. The lowest BCUT2D eigenvalue weighted by Crippen LogP contribution is -2.40. The summed E-state index contributed by atoms with van der Waals surface area (Å²) in [5.74, 6) is 0.165. The van der Waals surface area contributed by atoms with Gasteiger partial charge in [-0.25, -0.2) is 9.79 Å². The van der Waals surface area contributed by atoms with Crippen LogP contribution >= 0.6 is 38.9 Å². The van der Waals surface area contributed by atoms with Gasteiger partial charge in [-0.1, -0.05) is 64.0 Å². The Kier molecular flexibility index (Phi) is 8.17. The van der Waals surface area contributed by atoms with Gasteiger partial charge in [0.15, 0.2) is 4.80 Å². The summed E-state index contributed by atoms with van der Waals surface area (Å²) in [7, 11) is 0. The van der Waals surface area contributed by atoms with E-state index in [2.05, 4.69) is 20.9 Å². The van der Waals surface area contributed by atoms with E-state index in [1.165, 1.54) is 15.9 Å². The van der Waals surface area contributed by atoms with E-state index in [0.29, 0.717) is 43.5 Å². The fourth-order valence-electron chi connectivity index (χ4n) is 3.97. The molecule has 1 atom stereocenters. The average Bonchev–Trinajstić information content (AvgIpc) is 3.12. The third kappa shape index (κ3) is 5.36. The molecule has 3 aromatic rings. The Morgan fingerprint density at radius 2 is 2.03 bits per heavy atom. The minimum absolute atomic E-state index is 0.271. The molecular formula is C27H26BrClN2O4S. The van der Waals surface area contributed by atoms with Crippen LogP contribution in [0.25, 0.3) is 6.08 Å². The second kappa shape index (κ2) is 11.2. The molecular weight excluding hydrogens is 564 g/mol. The third-order valence-corrected chi connectivity index (χ3v) is 7.32. The Balaban J connectivity index is 1.95. The Morgan fingerprint density at radius 3 is 2.72 bits per heavy atom. The highest BCUT2D eigenvalue weighted by Crippen LogP contribution is 2.34. The highest BCUT2D eigenvalue weighted by atomic mass is 79.9. The second-order valence-electron chi connectivity index (χ2n) is 8.59. The van der Waals surface area contributed by atoms with Crippen molar-refractivity contribution in [1.29, 1.82) is 0 Å². The minimum Gasteiger partial charge on any atom is -0.493 e. The smallest absolute Gasteiger partial charge is 0.338 e. The zero-order valence-electron chi connectivity index (χ0n) is 20.4. The van der Waals surface area contributed by atoms with E-state index < -0.39 is 12.0 Å². The van der Waals surface area contributed by atoms with Crippen molar-refractivity contribution in [2.75, 3.05) is 6.61 Å². The average molecular weight is 590 g/mol. The molecule has 0 saturated heterocycles. The van der Waals surface area contributed by atoms with Crippen LogP contribution in [0.15, 0.2) is 68.0 Å². The Morgan fingerprint density at radius 1 is 1.28 bits per heavy atom. The van der Waals surface area contributed by atoms with Crippen molar-refractivity contribution >= 4 is 50.9 Å². The van der Waals surface area contributed by atoms with Crippen molar-refractivity contribution in [3.63, 3.8) is 0 Å². The van der Waals surface area contributed by atoms with Gasteiger partial charge >= 0.3 is 5.97 Å². The van der Waals surface area contributed by atoms with Gasteiger partial charge in [0.25, 0.3) is 5.56 Å². The predicted molar refractivity (Wildman–Crippen MR) is 146 cm³/mol. The van der Waals surface area contributed by atoms with Crippen LogP contribution < -0.4 is 19.6 Å². The maximum Gasteiger partial charge on any atom is 0.338 e. The fourth-order valence-corrected chi connectivity index (χ4v) is 5.62. The molecule has 36 heavy (non-hydrogen) atoms. The van der Waals surface area contributed by atoms with Crippen molar-refractivity contribution in [2.45, 2.75) is 46.3 Å². The summed E-state index contributed by atoms with van der Waals surface area (Å²) in [6, 6.07) is 12.1. The minimum atomic E-state index is -0.762. The van der Waals surface area contributed by atoms with Crippen LogP contribution in [0.3, 0.4) is 0 Å². The number of ether oxygens (including phenoxy) is 2. The number of fused-ring (bicyclic) bond motifs is 1. The standard InChI is InChI=1S/C27H26BrClN2O4S/c1-5-12-34-21-11-10-18(28)13-17(21)14-22-25(32)31-24(19-8-6-7-9-20(19)29)23(26(33)35-15(2)3)16(4)30-27(31)36-22/h6-11,13-15,24H,5,12H2,1-4H3. The first-order valence-corrected chi connectivity index (χ1v) is 13.6. The lowest BCUT2D eigenvalue weighted by atomic mass is 9.96. The molecule has 2 aromatic carbocycles.